The average molecular weight is 242 g/mol. The van der Waals surface area contributed by atoms with Crippen LogP contribution in [0.1, 0.15) is 40.5 Å². The van der Waals surface area contributed by atoms with Crippen LogP contribution in [0.3, 0.4) is 0 Å². The minimum absolute atomic E-state index is 0.432. The van der Waals surface area contributed by atoms with Crippen LogP contribution >= 0.6 is 0 Å². The number of ether oxygens (including phenoxy) is 1. The maximum atomic E-state index is 5.42. The Bertz CT molecular complexity index is 196. The van der Waals surface area contributed by atoms with Crippen LogP contribution < -0.4 is 5.32 Å². The van der Waals surface area contributed by atoms with Gasteiger partial charge in [0.1, 0.15) is 0 Å². The minimum atomic E-state index is 0.432. The zero-order chi connectivity index (χ0) is 12.7. The normalized spacial score (nSPS) is 18.9. The second-order valence-corrected chi connectivity index (χ2v) is 5.63. The van der Waals surface area contributed by atoms with E-state index in [0.717, 1.165) is 32.8 Å². The lowest BCUT2D eigenvalue weighted by Gasteiger charge is -2.39. The summed E-state index contributed by atoms with van der Waals surface area (Å²) in [4.78, 5) is 2.57. The summed E-state index contributed by atoms with van der Waals surface area (Å²) in [5.41, 5.74) is 0.432. The van der Waals surface area contributed by atoms with Crippen molar-refractivity contribution in [2.24, 2.45) is 5.41 Å². The van der Waals surface area contributed by atoms with Gasteiger partial charge in [0.25, 0.3) is 0 Å². The molecule has 0 radical (unpaired) electrons. The summed E-state index contributed by atoms with van der Waals surface area (Å²) in [5.74, 6) is 0. The molecule has 3 nitrogen and oxygen atoms in total. The predicted molar refractivity (Wildman–Crippen MR) is 73.4 cm³/mol. The molecule has 0 saturated carbocycles. The van der Waals surface area contributed by atoms with E-state index in [9.17, 15) is 0 Å². The lowest BCUT2D eigenvalue weighted by molar-refractivity contribution is 0.0133. The van der Waals surface area contributed by atoms with E-state index in [1.807, 2.05) is 0 Å². The van der Waals surface area contributed by atoms with Crippen LogP contribution in [-0.4, -0.2) is 50.3 Å². The van der Waals surface area contributed by atoms with Crippen molar-refractivity contribution < 1.29 is 4.74 Å². The molecular weight excluding hydrogens is 212 g/mol. The summed E-state index contributed by atoms with van der Waals surface area (Å²) >= 11 is 0. The van der Waals surface area contributed by atoms with Crippen LogP contribution in [0.2, 0.25) is 0 Å². The molecule has 0 bridgehead atoms. The van der Waals surface area contributed by atoms with Crippen LogP contribution in [0.5, 0.6) is 0 Å². The van der Waals surface area contributed by atoms with Gasteiger partial charge in [-0.1, -0.05) is 27.7 Å². The fraction of sp³-hybridized carbons (Fsp3) is 1.00. The van der Waals surface area contributed by atoms with Crippen molar-refractivity contribution in [3.8, 4) is 0 Å². The summed E-state index contributed by atoms with van der Waals surface area (Å²) < 4.78 is 5.42. The lowest BCUT2D eigenvalue weighted by Crippen LogP contribution is -2.48. The van der Waals surface area contributed by atoms with Crippen LogP contribution in [0.4, 0.5) is 0 Å². The molecule has 1 aliphatic rings. The number of nitrogens with zero attached hydrogens (tertiary/aromatic N) is 1. The molecule has 1 fully saturated rings. The molecule has 0 amide bonds. The first-order valence-electron chi connectivity index (χ1n) is 7.15. The summed E-state index contributed by atoms with van der Waals surface area (Å²) in [5, 5.41) is 3.62. The molecule has 0 spiro atoms. The maximum Gasteiger partial charge on any atom is 0.0594 e. The SMILES string of the molecule is CCC(CC)(CNC(C)C)CN1CCOCC1. The molecule has 0 aliphatic carbocycles. The van der Waals surface area contributed by atoms with Gasteiger partial charge in [-0.3, -0.25) is 4.90 Å². The van der Waals surface area contributed by atoms with Crippen LogP contribution in [0.15, 0.2) is 0 Å². The quantitative estimate of drug-likeness (QED) is 0.740. The molecule has 17 heavy (non-hydrogen) atoms. The van der Waals surface area contributed by atoms with E-state index in [1.165, 1.54) is 19.4 Å². The van der Waals surface area contributed by atoms with Gasteiger partial charge in [-0.15, -0.1) is 0 Å². The second kappa shape index (κ2) is 7.34. The molecule has 1 saturated heterocycles. The van der Waals surface area contributed by atoms with Crippen LogP contribution in [0, 0.1) is 5.41 Å². The molecule has 0 aromatic rings. The van der Waals surface area contributed by atoms with Crippen molar-refractivity contribution in [3.63, 3.8) is 0 Å². The summed E-state index contributed by atoms with van der Waals surface area (Å²) in [6.07, 6.45) is 2.50. The Morgan fingerprint density at radius 1 is 1.18 bits per heavy atom. The third kappa shape index (κ3) is 4.94. The first-order valence-corrected chi connectivity index (χ1v) is 7.15. The molecule has 0 atom stereocenters. The van der Waals surface area contributed by atoms with Crippen molar-refractivity contribution in [2.45, 2.75) is 46.6 Å². The molecule has 102 valence electrons. The number of morpholine rings is 1. The van der Waals surface area contributed by atoms with Gasteiger partial charge in [-0.05, 0) is 18.3 Å². The molecule has 0 aromatic heterocycles. The van der Waals surface area contributed by atoms with Gasteiger partial charge < -0.3 is 10.1 Å². The smallest absolute Gasteiger partial charge is 0.0594 e. The summed E-state index contributed by atoms with van der Waals surface area (Å²) in [6.45, 7) is 15.5. The lowest BCUT2D eigenvalue weighted by atomic mass is 9.81. The Morgan fingerprint density at radius 3 is 2.24 bits per heavy atom. The highest BCUT2D eigenvalue weighted by atomic mass is 16.5. The Kier molecular flexibility index (Phi) is 6.45. The molecule has 1 aliphatic heterocycles. The number of rotatable bonds is 7. The fourth-order valence-corrected chi connectivity index (χ4v) is 2.43. The van der Waals surface area contributed by atoms with Crippen LogP contribution in [-0.2, 0) is 4.74 Å². The minimum Gasteiger partial charge on any atom is -0.379 e. The Hall–Kier alpha value is -0.120. The summed E-state index contributed by atoms with van der Waals surface area (Å²) in [7, 11) is 0. The van der Waals surface area contributed by atoms with Crippen molar-refractivity contribution in [1.82, 2.24) is 10.2 Å². The third-order valence-corrected chi connectivity index (χ3v) is 4.05. The summed E-state index contributed by atoms with van der Waals surface area (Å²) in [6, 6.07) is 0.581. The maximum absolute atomic E-state index is 5.42. The number of nitrogens with one attached hydrogen (secondary N) is 1. The molecule has 0 aromatic carbocycles. The standard InChI is InChI=1S/C14H30N2O/c1-5-14(6-2,11-15-13(3)4)12-16-7-9-17-10-8-16/h13,15H,5-12H2,1-4H3. The van der Waals surface area contributed by atoms with Crippen molar-refractivity contribution in [1.29, 1.82) is 0 Å². The van der Waals surface area contributed by atoms with Gasteiger partial charge in [-0.2, -0.15) is 0 Å². The number of hydrogen-bond donors (Lipinski definition) is 1. The van der Waals surface area contributed by atoms with Crippen molar-refractivity contribution in [2.75, 3.05) is 39.4 Å². The van der Waals surface area contributed by atoms with E-state index >= 15 is 0 Å². The largest absolute Gasteiger partial charge is 0.379 e. The Morgan fingerprint density at radius 2 is 1.76 bits per heavy atom. The monoisotopic (exact) mass is 242 g/mol. The van der Waals surface area contributed by atoms with Gasteiger partial charge in [0.05, 0.1) is 13.2 Å². The third-order valence-electron chi connectivity index (χ3n) is 4.05. The highest BCUT2D eigenvalue weighted by molar-refractivity contribution is 4.84. The molecule has 0 unspecified atom stereocenters. The van der Waals surface area contributed by atoms with Gasteiger partial charge in [0.2, 0.25) is 0 Å². The van der Waals surface area contributed by atoms with E-state index in [0.29, 0.717) is 11.5 Å². The Labute approximate surface area is 107 Å². The van der Waals surface area contributed by atoms with E-state index < -0.39 is 0 Å². The first kappa shape index (κ1) is 14.9. The molecule has 1 heterocycles. The predicted octanol–water partition coefficient (Wildman–Crippen LogP) is 2.12. The highest BCUT2D eigenvalue weighted by Crippen LogP contribution is 2.27. The second-order valence-electron chi connectivity index (χ2n) is 5.63. The van der Waals surface area contributed by atoms with Crippen molar-refractivity contribution >= 4 is 0 Å². The van der Waals surface area contributed by atoms with Crippen molar-refractivity contribution in [3.05, 3.63) is 0 Å². The molecule has 1 rings (SSSR count). The van der Waals surface area contributed by atoms with Gasteiger partial charge in [0.15, 0.2) is 0 Å². The highest BCUT2D eigenvalue weighted by Gasteiger charge is 2.29. The fourth-order valence-electron chi connectivity index (χ4n) is 2.43. The van der Waals surface area contributed by atoms with E-state index in [2.05, 4.69) is 37.9 Å². The average Bonchev–Trinajstić information content (AvgIpc) is 2.36. The van der Waals surface area contributed by atoms with Gasteiger partial charge >= 0.3 is 0 Å². The van der Waals surface area contributed by atoms with E-state index in [4.69, 9.17) is 4.74 Å². The topological polar surface area (TPSA) is 24.5 Å². The van der Waals surface area contributed by atoms with Crippen LogP contribution in [0.25, 0.3) is 0 Å². The molecule has 1 N–H and O–H groups in total. The van der Waals surface area contributed by atoms with E-state index in [1.54, 1.807) is 0 Å². The first-order chi connectivity index (χ1) is 8.12. The van der Waals surface area contributed by atoms with E-state index in [-0.39, 0.29) is 0 Å². The Balaban J connectivity index is 2.49. The zero-order valence-electron chi connectivity index (χ0n) is 12.1. The molecule has 3 heteroatoms. The van der Waals surface area contributed by atoms with Gasteiger partial charge in [0, 0.05) is 32.2 Å². The zero-order valence-corrected chi connectivity index (χ0v) is 12.1. The molecular formula is C14H30N2O. The number of hydrogen-bond acceptors (Lipinski definition) is 3. The van der Waals surface area contributed by atoms with Gasteiger partial charge in [-0.25, -0.2) is 0 Å².